The molecule has 12 heteroatoms. The normalized spacial score (nSPS) is 10.8. The highest BCUT2D eigenvalue weighted by Crippen LogP contribution is 2.30. The van der Waals surface area contributed by atoms with Crippen LogP contribution >= 0.6 is 11.6 Å². The minimum absolute atomic E-state index is 0.120. The zero-order valence-electron chi connectivity index (χ0n) is 16.6. The number of anilines is 2. The number of ether oxygens (including phenoxy) is 1. The number of carbonyl (C=O) groups excluding carboxylic acids is 1. The first-order valence-electron chi connectivity index (χ1n) is 9.00. The van der Waals surface area contributed by atoms with E-state index in [0.717, 1.165) is 12.1 Å². The second-order valence-corrected chi connectivity index (χ2v) is 6.59. The fourth-order valence-electron chi connectivity index (χ4n) is 2.48. The number of urea groups is 1. The van der Waals surface area contributed by atoms with Gasteiger partial charge in [-0.15, -0.1) is 0 Å². The van der Waals surface area contributed by atoms with Crippen LogP contribution in [0.15, 0.2) is 47.9 Å². The highest BCUT2D eigenvalue weighted by Gasteiger charge is 2.13. The number of nitrogens with two attached hydrogens (primary N) is 1. The first-order chi connectivity index (χ1) is 15.4. The summed E-state index contributed by atoms with van der Waals surface area (Å²) in [6, 6.07) is 6.95. The lowest BCUT2D eigenvalue weighted by atomic mass is 10.2. The van der Waals surface area contributed by atoms with Gasteiger partial charge in [-0.1, -0.05) is 22.8 Å². The molecule has 0 spiro atoms. The van der Waals surface area contributed by atoms with Crippen molar-refractivity contribution in [2.75, 3.05) is 18.2 Å². The van der Waals surface area contributed by atoms with Crippen LogP contribution in [-0.4, -0.2) is 29.3 Å². The van der Waals surface area contributed by atoms with E-state index in [1.807, 2.05) is 0 Å². The Balaban J connectivity index is 1.66. The Labute approximate surface area is 186 Å². The molecule has 166 valence electrons. The lowest BCUT2D eigenvalue weighted by Gasteiger charge is -2.12. The molecule has 0 radical (unpaired) electrons. The maximum absolute atomic E-state index is 13.7. The fraction of sp³-hybridized carbons (Fsp3) is 0.100. The van der Waals surface area contributed by atoms with Gasteiger partial charge < -0.3 is 25.9 Å². The van der Waals surface area contributed by atoms with Crippen LogP contribution in [0.3, 0.4) is 0 Å². The summed E-state index contributed by atoms with van der Waals surface area (Å²) >= 11 is 6.23. The number of oxime groups is 1. The van der Waals surface area contributed by atoms with Gasteiger partial charge in [-0.2, -0.15) is 0 Å². The highest BCUT2D eigenvalue weighted by atomic mass is 35.5. The Morgan fingerprint density at radius 3 is 2.78 bits per heavy atom. The summed E-state index contributed by atoms with van der Waals surface area (Å²) in [5.74, 6) is -0.902. The number of halogens is 3. The molecule has 0 bridgehead atoms. The molecule has 32 heavy (non-hydrogen) atoms. The van der Waals surface area contributed by atoms with E-state index in [2.05, 4.69) is 30.6 Å². The van der Waals surface area contributed by atoms with Gasteiger partial charge in [0.05, 0.1) is 16.9 Å². The van der Waals surface area contributed by atoms with Crippen LogP contribution < -0.4 is 21.1 Å². The highest BCUT2D eigenvalue weighted by molar-refractivity contribution is 6.33. The van der Waals surface area contributed by atoms with Crippen LogP contribution in [0.2, 0.25) is 5.02 Å². The third kappa shape index (κ3) is 5.79. The molecule has 0 atom stereocenters. The minimum Gasteiger partial charge on any atom is -0.438 e. The standard InChI is InChI=1S/C20H17ClF2N6O3/c1-31-28-9-14-18(24)26-10-27-19(14)32-13-4-5-17(15(21)7-13)29-20(30)25-8-11-2-3-12(22)6-16(11)23/h2-7,9-10H,8H2,1H3,(H2,24,26,27)(H2,25,29,30). The number of hydrogen-bond acceptors (Lipinski definition) is 7. The summed E-state index contributed by atoms with van der Waals surface area (Å²) < 4.78 is 32.3. The Bertz CT molecular complexity index is 1160. The van der Waals surface area contributed by atoms with Gasteiger partial charge >= 0.3 is 6.03 Å². The number of aromatic nitrogens is 2. The van der Waals surface area contributed by atoms with Crippen LogP contribution in [0.25, 0.3) is 0 Å². The van der Waals surface area contributed by atoms with E-state index >= 15 is 0 Å². The third-order valence-corrected chi connectivity index (χ3v) is 4.34. The summed E-state index contributed by atoms with van der Waals surface area (Å²) in [6.45, 7) is -0.141. The summed E-state index contributed by atoms with van der Waals surface area (Å²) in [5.41, 5.74) is 6.53. The van der Waals surface area contributed by atoms with Gasteiger partial charge in [0.1, 0.15) is 42.2 Å². The average molecular weight is 463 g/mol. The Morgan fingerprint density at radius 2 is 2.06 bits per heavy atom. The lowest BCUT2D eigenvalue weighted by Crippen LogP contribution is -2.28. The molecule has 0 aliphatic rings. The third-order valence-electron chi connectivity index (χ3n) is 4.02. The van der Waals surface area contributed by atoms with Crippen LogP contribution in [0, 0.1) is 11.6 Å². The van der Waals surface area contributed by atoms with Gasteiger partial charge in [-0.05, 0) is 18.2 Å². The molecule has 4 N–H and O–H groups in total. The summed E-state index contributed by atoms with van der Waals surface area (Å²) in [5, 5.41) is 8.79. The first-order valence-corrected chi connectivity index (χ1v) is 9.38. The number of nitrogens with zero attached hydrogens (tertiary/aromatic N) is 3. The Hall–Kier alpha value is -3.99. The maximum atomic E-state index is 13.7. The second-order valence-electron chi connectivity index (χ2n) is 6.18. The van der Waals surface area contributed by atoms with Gasteiger partial charge in [0.2, 0.25) is 5.88 Å². The van der Waals surface area contributed by atoms with Crippen LogP contribution in [0.4, 0.5) is 25.1 Å². The van der Waals surface area contributed by atoms with Gasteiger partial charge in [0.15, 0.2) is 0 Å². The molecule has 1 aromatic heterocycles. The SMILES string of the molecule is CON=Cc1c(N)ncnc1Oc1ccc(NC(=O)NCc2ccc(F)cc2F)c(Cl)c1. The Kier molecular flexibility index (Phi) is 7.34. The molecule has 0 saturated heterocycles. The number of amides is 2. The number of nitrogens with one attached hydrogen (secondary N) is 2. The van der Waals surface area contributed by atoms with Gasteiger partial charge in [0.25, 0.3) is 0 Å². The molecule has 2 amide bonds. The molecule has 0 fully saturated rings. The molecule has 3 rings (SSSR count). The van der Waals surface area contributed by atoms with Crippen molar-refractivity contribution in [3.63, 3.8) is 0 Å². The Morgan fingerprint density at radius 1 is 1.25 bits per heavy atom. The largest absolute Gasteiger partial charge is 0.438 e. The first kappa shape index (κ1) is 22.7. The molecule has 0 unspecified atom stereocenters. The summed E-state index contributed by atoms with van der Waals surface area (Å²) in [7, 11) is 1.37. The zero-order valence-corrected chi connectivity index (χ0v) is 17.4. The van der Waals surface area contributed by atoms with Crippen molar-refractivity contribution in [1.29, 1.82) is 0 Å². The number of nitrogen functional groups attached to an aromatic ring is 1. The molecule has 0 saturated carbocycles. The van der Waals surface area contributed by atoms with Crippen LogP contribution in [-0.2, 0) is 11.4 Å². The van der Waals surface area contributed by atoms with E-state index in [-0.39, 0.29) is 34.5 Å². The van der Waals surface area contributed by atoms with Crippen LogP contribution in [0.1, 0.15) is 11.1 Å². The van der Waals surface area contributed by atoms with Gasteiger partial charge in [-0.25, -0.2) is 23.5 Å². The molecule has 0 aliphatic carbocycles. The van der Waals surface area contributed by atoms with Crippen molar-refractivity contribution in [2.24, 2.45) is 5.16 Å². The monoisotopic (exact) mass is 462 g/mol. The quantitative estimate of drug-likeness (QED) is 0.359. The smallest absolute Gasteiger partial charge is 0.319 e. The molecular formula is C20H17ClF2N6O3. The van der Waals surface area contributed by atoms with Crippen molar-refractivity contribution in [3.05, 3.63) is 70.5 Å². The number of rotatable bonds is 7. The maximum Gasteiger partial charge on any atom is 0.319 e. The molecule has 3 aromatic rings. The van der Waals surface area contributed by atoms with E-state index in [1.54, 1.807) is 0 Å². The fourth-order valence-corrected chi connectivity index (χ4v) is 2.70. The topological polar surface area (TPSA) is 124 Å². The van der Waals surface area contributed by atoms with Crippen molar-refractivity contribution in [1.82, 2.24) is 15.3 Å². The minimum atomic E-state index is -0.759. The van der Waals surface area contributed by atoms with Gasteiger partial charge in [-0.3, -0.25) is 0 Å². The van der Waals surface area contributed by atoms with E-state index in [0.29, 0.717) is 11.3 Å². The van der Waals surface area contributed by atoms with Gasteiger partial charge in [0, 0.05) is 24.2 Å². The van der Waals surface area contributed by atoms with Crippen LogP contribution in [0.5, 0.6) is 11.6 Å². The van der Waals surface area contributed by atoms with Crippen molar-refractivity contribution in [2.45, 2.75) is 6.54 Å². The molecule has 0 aliphatic heterocycles. The van der Waals surface area contributed by atoms with Crippen molar-refractivity contribution >= 4 is 35.4 Å². The summed E-state index contributed by atoms with van der Waals surface area (Å²) in [4.78, 5) is 24.6. The number of hydrogen-bond donors (Lipinski definition) is 3. The molecule has 1 heterocycles. The number of benzene rings is 2. The van der Waals surface area contributed by atoms with Crippen molar-refractivity contribution < 1.29 is 23.1 Å². The molecular weight excluding hydrogens is 446 g/mol. The molecule has 9 nitrogen and oxygen atoms in total. The average Bonchev–Trinajstić information content (AvgIpc) is 2.75. The van der Waals surface area contributed by atoms with Crippen molar-refractivity contribution in [3.8, 4) is 11.6 Å². The lowest BCUT2D eigenvalue weighted by molar-refractivity contribution is 0.215. The van der Waals surface area contributed by atoms with E-state index < -0.39 is 17.7 Å². The predicted octanol–water partition coefficient (Wildman–Crippen LogP) is 4.08. The zero-order chi connectivity index (χ0) is 23.1. The number of carbonyl (C=O) groups is 1. The predicted molar refractivity (Wildman–Crippen MR) is 115 cm³/mol. The second kappa shape index (κ2) is 10.4. The summed E-state index contributed by atoms with van der Waals surface area (Å²) in [6.07, 6.45) is 2.52. The van der Waals surface area contributed by atoms with E-state index in [1.165, 1.54) is 43.9 Å². The van der Waals surface area contributed by atoms with E-state index in [4.69, 9.17) is 22.1 Å². The van der Waals surface area contributed by atoms with E-state index in [9.17, 15) is 13.6 Å². The molecule has 2 aromatic carbocycles.